The number of aromatic nitrogens is 2. The number of esters is 2. The normalized spacial score (nSPS) is 11.5. The van der Waals surface area contributed by atoms with Gasteiger partial charge in [-0.15, -0.1) is 11.3 Å². The van der Waals surface area contributed by atoms with E-state index >= 15 is 0 Å². The predicted molar refractivity (Wildman–Crippen MR) is 112 cm³/mol. The number of benzene rings is 2. The van der Waals surface area contributed by atoms with E-state index in [1.54, 1.807) is 42.5 Å². The quantitative estimate of drug-likeness (QED) is 0.384. The van der Waals surface area contributed by atoms with Crippen LogP contribution in [0.15, 0.2) is 53.9 Å². The molecule has 2 heterocycles. The second kappa shape index (κ2) is 8.12. The molecular formula is C22H15F3N2O4S. The third-order valence-electron chi connectivity index (χ3n) is 4.81. The molecule has 6 nitrogen and oxygen atoms in total. The number of nitrogens with zero attached hydrogens (tertiary/aromatic N) is 2. The number of hydrogen-bond donors (Lipinski definition) is 0. The number of alkyl halides is 3. The summed E-state index contributed by atoms with van der Waals surface area (Å²) in [4.78, 5) is 25.4. The molecule has 4 aromatic rings. The Morgan fingerprint density at radius 3 is 2.28 bits per heavy atom. The molecule has 10 heteroatoms. The second-order valence-corrected chi connectivity index (χ2v) is 7.54. The summed E-state index contributed by atoms with van der Waals surface area (Å²) < 4.78 is 52.4. The molecule has 0 radical (unpaired) electrons. The Morgan fingerprint density at radius 1 is 0.969 bits per heavy atom. The van der Waals surface area contributed by atoms with Gasteiger partial charge in [0.05, 0.1) is 25.5 Å². The zero-order chi connectivity index (χ0) is 23.0. The molecule has 0 N–H and O–H groups in total. The zero-order valence-corrected chi connectivity index (χ0v) is 17.6. The molecule has 2 aromatic heterocycles. The monoisotopic (exact) mass is 460 g/mol. The standard InChI is InChI=1S/C22H15F3N2O4S/c1-30-20(28)17-18(13-9-6-10-15-16(13)14(11-32-15)22(23,24)25)26-27(19(17)21(29)31-2)12-7-4-3-5-8-12/h3-11H,1-2H3. The molecule has 0 aliphatic rings. The number of fused-ring (bicyclic) bond motifs is 1. The highest BCUT2D eigenvalue weighted by atomic mass is 32.1. The van der Waals surface area contributed by atoms with Crippen molar-refractivity contribution < 1.29 is 32.2 Å². The number of halogens is 3. The maximum absolute atomic E-state index is 13.7. The van der Waals surface area contributed by atoms with Crippen molar-refractivity contribution in [1.82, 2.24) is 9.78 Å². The first-order chi connectivity index (χ1) is 15.3. The smallest absolute Gasteiger partial charge is 0.417 e. The van der Waals surface area contributed by atoms with Crippen LogP contribution in [0.3, 0.4) is 0 Å². The van der Waals surface area contributed by atoms with Gasteiger partial charge in [0.2, 0.25) is 0 Å². The van der Waals surface area contributed by atoms with Gasteiger partial charge < -0.3 is 9.47 Å². The van der Waals surface area contributed by atoms with Crippen LogP contribution in [0.1, 0.15) is 26.4 Å². The lowest BCUT2D eigenvalue weighted by molar-refractivity contribution is -0.136. The minimum Gasteiger partial charge on any atom is -0.465 e. The third kappa shape index (κ3) is 3.52. The number of ether oxygens (including phenoxy) is 2. The first kappa shape index (κ1) is 21.6. The number of carbonyl (C=O) groups excluding carboxylic acids is 2. The Labute approximate surface area is 183 Å². The largest absolute Gasteiger partial charge is 0.465 e. The van der Waals surface area contributed by atoms with E-state index in [4.69, 9.17) is 9.47 Å². The van der Waals surface area contributed by atoms with Crippen LogP contribution in [0.25, 0.3) is 27.0 Å². The van der Waals surface area contributed by atoms with Crippen molar-refractivity contribution in [2.45, 2.75) is 6.18 Å². The summed E-state index contributed by atoms with van der Waals surface area (Å²) >= 11 is 0.925. The van der Waals surface area contributed by atoms with E-state index in [1.165, 1.54) is 10.7 Å². The first-order valence-electron chi connectivity index (χ1n) is 9.20. The highest BCUT2D eigenvalue weighted by Gasteiger charge is 2.37. The molecule has 0 saturated heterocycles. The fourth-order valence-electron chi connectivity index (χ4n) is 3.44. The number of rotatable bonds is 4. The number of thiophene rings is 1. The van der Waals surface area contributed by atoms with Crippen LogP contribution < -0.4 is 0 Å². The summed E-state index contributed by atoms with van der Waals surface area (Å²) in [5.74, 6) is -1.81. The van der Waals surface area contributed by atoms with Gasteiger partial charge in [-0.2, -0.15) is 18.3 Å². The lowest BCUT2D eigenvalue weighted by atomic mass is 9.99. The van der Waals surface area contributed by atoms with Gasteiger partial charge in [0, 0.05) is 21.0 Å². The van der Waals surface area contributed by atoms with E-state index < -0.39 is 23.7 Å². The summed E-state index contributed by atoms with van der Waals surface area (Å²) in [6.07, 6.45) is -4.62. The lowest BCUT2D eigenvalue weighted by Gasteiger charge is -2.09. The predicted octanol–water partition coefficient (Wildman–Crippen LogP) is 5.35. The van der Waals surface area contributed by atoms with Crippen LogP contribution >= 0.6 is 11.3 Å². The van der Waals surface area contributed by atoms with Crippen molar-refractivity contribution in [3.05, 3.63) is 70.7 Å². The van der Waals surface area contributed by atoms with Crippen molar-refractivity contribution in [2.24, 2.45) is 0 Å². The molecule has 0 amide bonds. The average molecular weight is 460 g/mol. The topological polar surface area (TPSA) is 70.4 Å². The molecule has 0 aliphatic carbocycles. The lowest BCUT2D eigenvalue weighted by Crippen LogP contribution is -2.15. The summed E-state index contributed by atoms with van der Waals surface area (Å²) in [6.45, 7) is 0. The SMILES string of the molecule is COC(=O)c1c(-c2cccc3scc(C(F)(F)F)c23)nn(-c2ccccc2)c1C(=O)OC. The van der Waals surface area contributed by atoms with E-state index in [2.05, 4.69) is 5.10 Å². The fraction of sp³-hybridized carbons (Fsp3) is 0.136. The number of methoxy groups -OCH3 is 2. The highest BCUT2D eigenvalue weighted by molar-refractivity contribution is 7.17. The molecule has 0 spiro atoms. The molecule has 32 heavy (non-hydrogen) atoms. The molecule has 0 atom stereocenters. The van der Waals surface area contributed by atoms with Crippen LogP contribution in [0.4, 0.5) is 13.2 Å². The Bertz CT molecular complexity index is 1330. The maximum atomic E-state index is 13.7. The minimum absolute atomic E-state index is 0.0521. The van der Waals surface area contributed by atoms with Crippen molar-refractivity contribution in [3.63, 3.8) is 0 Å². The van der Waals surface area contributed by atoms with Crippen LogP contribution in [0.2, 0.25) is 0 Å². The molecule has 0 unspecified atom stereocenters. The summed E-state index contributed by atoms with van der Waals surface area (Å²) in [5.41, 5.74) is -1.03. The van der Waals surface area contributed by atoms with Gasteiger partial charge in [0.25, 0.3) is 0 Å². The van der Waals surface area contributed by atoms with Gasteiger partial charge in [-0.3, -0.25) is 0 Å². The third-order valence-corrected chi connectivity index (χ3v) is 5.76. The summed E-state index contributed by atoms with van der Waals surface area (Å²) in [6, 6.07) is 12.9. The number of hydrogen-bond acceptors (Lipinski definition) is 6. The van der Waals surface area contributed by atoms with Gasteiger partial charge >= 0.3 is 18.1 Å². The zero-order valence-electron chi connectivity index (χ0n) is 16.8. The Balaban J connectivity index is 2.13. The second-order valence-electron chi connectivity index (χ2n) is 6.63. The van der Waals surface area contributed by atoms with E-state index in [1.807, 2.05) is 0 Å². The maximum Gasteiger partial charge on any atom is 0.417 e. The molecule has 164 valence electrons. The molecule has 0 fully saturated rings. The van der Waals surface area contributed by atoms with E-state index in [9.17, 15) is 22.8 Å². The molecular weight excluding hydrogens is 445 g/mol. The van der Waals surface area contributed by atoms with Crippen molar-refractivity contribution in [3.8, 4) is 16.9 Å². The van der Waals surface area contributed by atoms with Crippen molar-refractivity contribution >= 4 is 33.4 Å². The Hall–Kier alpha value is -3.66. The Morgan fingerprint density at radius 2 is 1.66 bits per heavy atom. The van der Waals surface area contributed by atoms with Gasteiger partial charge in [-0.05, 0) is 18.2 Å². The van der Waals surface area contributed by atoms with Crippen molar-refractivity contribution in [2.75, 3.05) is 14.2 Å². The minimum atomic E-state index is -4.62. The van der Waals surface area contributed by atoms with E-state index in [0.717, 1.165) is 30.9 Å². The van der Waals surface area contributed by atoms with Crippen LogP contribution in [0.5, 0.6) is 0 Å². The number of carbonyl (C=O) groups is 2. The van der Waals surface area contributed by atoms with E-state index in [0.29, 0.717) is 10.4 Å². The van der Waals surface area contributed by atoms with Crippen LogP contribution in [-0.4, -0.2) is 35.9 Å². The highest BCUT2D eigenvalue weighted by Crippen LogP contribution is 2.43. The van der Waals surface area contributed by atoms with Gasteiger partial charge in [0.1, 0.15) is 11.3 Å². The van der Waals surface area contributed by atoms with Gasteiger partial charge in [-0.1, -0.05) is 30.3 Å². The van der Waals surface area contributed by atoms with E-state index in [-0.39, 0.29) is 27.9 Å². The van der Waals surface area contributed by atoms with Crippen LogP contribution in [-0.2, 0) is 15.7 Å². The summed E-state index contributed by atoms with van der Waals surface area (Å²) in [5, 5.41) is 5.30. The summed E-state index contributed by atoms with van der Waals surface area (Å²) in [7, 11) is 2.24. The first-order valence-corrected chi connectivity index (χ1v) is 10.1. The van der Waals surface area contributed by atoms with Crippen molar-refractivity contribution in [1.29, 1.82) is 0 Å². The molecule has 0 bridgehead atoms. The molecule has 2 aromatic carbocycles. The van der Waals surface area contributed by atoms with Gasteiger partial charge in [0.15, 0.2) is 5.69 Å². The average Bonchev–Trinajstić information content (AvgIpc) is 3.40. The Kier molecular flexibility index (Phi) is 5.47. The molecule has 4 rings (SSSR count). The molecule has 0 saturated carbocycles. The fourth-order valence-corrected chi connectivity index (χ4v) is 4.43. The van der Waals surface area contributed by atoms with Gasteiger partial charge in [-0.25, -0.2) is 14.3 Å². The molecule has 0 aliphatic heterocycles. The number of para-hydroxylation sites is 1. The van der Waals surface area contributed by atoms with Crippen LogP contribution in [0, 0.1) is 0 Å².